The molecule has 4 fully saturated rings. The van der Waals surface area contributed by atoms with Crippen molar-refractivity contribution >= 4 is 0 Å². The average Bonchev–Trinajstić information content (AvgIpc) is 2.71. The fraction of sp³-hybridized carbons (Fsp3) is 0.538. The molecule has 0 amide bonds. The largest absolute Gasteiger partial charge is 0.493 e. The molecule has 0 atom stereocenters. The highest BCUT2D eigenvalue weighted by atomic mass is 16.5. The normalized spacial score (nSPS) is 29.8. The summed E-state index contributed by atoms with van der Waals surface area (Å²) in [5, 5.41) is 4.01. The standard InChI is InChI=1S/C26H33NO2/c1-18-6-8-19(9-7-18)17-29-25-23(4-3-5-24(25)28-2)16-27-26-13-20-10-21(14-26)12-22(11-20)15-26/h3-9,20-22,27H,10-17H2,1-2H3. The molecular formula is C26H33NO2. The Morgan fingerprint density at radius 1 is 0.931 bits per heavy atom. The van der Waals surface area contributed by atoms with Crippen LogP contribution in [-0.2, 0) is 13.2 Å². The lowest BCUT2D eigenvalue weighted by Crippen LogP contribution is -2.58. The average molecular weight is 392 g/mol. The van der Waals surface area contributed by atoms with Gasteiger partial charge >= 0.3 is 0 Å². The zero-order chi connectivity index (χ0) is 19.8. The first-order chi connectivity index (χ1) is 14.1. The molecule has 3 nitrogen and oxygen atoms in total. The predicted molar refractivity (Wildman–Crippen MR) is 116 cm³/mol. The second-order valence-corrected chi connectivity index (χ2v) is 9.77. The number of ether oxygens (including phenoxy) is 2. The van der Waals surface area contributed by atoms with Crippen molar-refractivity contribution in [3.63, 3.8) is 0 Å². The Hall–Kier alpha value is -2.00. The van der Waals surface area contributed by atoms with E-state index in [4.69, 9.17) is 9.47 Å². The van der Waals surface area contributed by atoms with E-state index in [1.807, 2.05) is 6.07 Å². The number of hydrogen-bond donors (Lipinski definition) is 1. The van der Waals surface area contributed by atoms with E-state index in [1.165, 1.54) is 55.2 Å². The summed E-state index contributed by atoms with van der Waals surface area (Å²) in [6.45, 7) is 3.52. The van der Waals surface area contributed by atoms with E-state index in [0.717, 1.165) is 35.8 Å². The van der Waals surface area contributed by atoms with E-state index >= 15 is 0 Å². The maximum atomic E-state index is 6.29. The molecule has 29 heavy (non-hydrogen) atoms. The van der Waals surface area contributed by atoms with Crippen molar-refractivity contribution in [2.24, 2.45) is 17.8 Å². The molecular weight excluding hydrogens is 358 g/mol. The number of hydrogen-bond acceptors (Lipinski definition) is 3. The molecule has 0 unspecified atom stereocenters. The predicted octanol–water partition coefficient (Wildman–Crippen LogP) is 5.64. The molecule has 4 aliphatic carbocycles. The highest BCUT2D eigenvalue weighted by Gasteiger charge is 2.50. The number of nitrogens with one attached hydrogen (secondary N) is 1. The fourth-order valence-corrected chi connectivity index (χ4v) is 6.47. The summed E-state index contributed by atoms with van der Waals surface area (Å²) in [7, 11) is 1.73. The quantitative estimate of drug-likeness (QED) is 0.662. The molecule has 6 rings (SSSR count). The molecule has 154 valence electrons. The highest BCUT2D eigenvalue weighted by molar-refractivity contribution is 5.47. The van der Waals surface area contributed by atoms with Crippen LogP contribution in [0.3, 0.4) is 0 Å². The van der Waals surface area contributed by atoms with Crippen molar-refractivity contribution in [3.8, 4) is 11.5 Å². The van der Waals surface area contributed by atoms with Gasteiger partial charge in [0.05, 0.1) is 7.11 Å². The molecule has 4 bridgehead atoms. The monoisotopic (exact) mass is 391 g/mol. The molecule has 1 N–H and O–H groups in total. The van der Waals surface area contributed by atoms with Gasteiger partial charge in [0.2, 0.25) is 0 Å². The lowest BCUT2D eigenvalue weighted by molar-refractivity contribution is -0.0206. The number of para-hydroxylation sites is 1. The summed E-state index contributed by atoms with van der Waals surface area (Å²) in [6, 6.07) is 14.8. The molecule has 3 heteroatoms. The molecule has 4 saturated carbocycles. The van der Waals surface area contributed by atoms with Gasteiger partial charge in [0.25, 0.3) is 0 Å². The highest BCUT2D eigenvalue weighted by Crippen LogP contribution is 2.55. The lowest BCUT2D eigenvalue weighted by atomic mass is 9.53. The summed E-state index contributed by atoms with van der Waals surface area (Å²) >= 11 is 0. The van der Waals surface area contributed by atoms with E-state index in [9.17, 15) is 0 Å². The molecule has 0 saturated heterocycles. The zero-order valence-corrected chi connectivity index (χ0v) is 17.7. The second-order valence-electron chi connectivity index (χ2n) is 9.77. The smallest absolute Gasteiger partial charge is 0.166 e. The Kier molecular flexibility index (Phi) is 5.03. The van der Waals surface area contributed by atoms with Crippen LogP contribution in [0.15, 0.2) is 42.5 Å². The molecule has 0 spiro atoms. The van der Waals surface area contributed by atoms with Gasteiger partial charge < -0.3 is 14.8 Å². The van der Waals surface area contributed by atoms with Gasteiger partial charge in [-0.15, -0.1) is 0 Å². The minimum atomic E-state index is 0.353. The Balaban J connectivity index is 1.31. The van der Waals surface area contributed by atoms with Gasteiger partial charge in [0.15, 0.2) is 11.5 Å². The number of rotatable bonds is 7. The summed E-state index contributed by atoms with van der Waals surface area (Å²) in [5.74, 6) is 4.57. The third-order valence-corrected chi connectivity index (χ3v) is 7.48. The van der Waals surface area contributed by atoms with E-state index < -0.39 is 0 Å². The van der Waals surface area contributed by atoms with Crippen LogP contribution in [0.5, 0.6) is 11.5 Å². The number of aryl methyl sites for hydroxylation is 1. The molecule has 0 aromatic heterocycles. The Morgan fingerprint density at radius 2 is 1.59 bits per heavy atom. The van der Waals surface area contributed by atoms with Crippen molar-refractivity contribution in [2.75, 3.05) is 7.11 Å². The summed E-state index contributed by atoms with van der Waals surface area (Å²) in [4.78, 5) is 0. The van der Waals surface area contributed by atoms with Gasteiger partial charge in [-0.05, 0) is 74.8 Å². The molecule has 0 radical (unpaired) electrons. The van der Waals surface area contributed by atoms with Crippen LogP contribution < -0.4 is 14.8 Å². The van der Waals surface area contributed by atoms with Crippen LogP contribution in [-0.4, -0.2) is 12.6 Å². The molecule has 2 aromatic carbocycles. The number of benzene rings is 2. The lowest BCUT2D eigenvalue weighted by Gasteiger charge is -2.57. The van der Waals surface area contributed by atoms with Gasteiger partial charge in [-0.2, -0.15) is 0 Å². The Morgan fingerprint density at radius 3 is 2.21 bits per heavy atom. The third-order valence-electron chi connectivity index (χ3n) is 7.48. The summed E-state index contributed by atoms with van der Waals surface area (Å²) in [6.07, 6.45) is 8.52. The first-order valence-electron chi connectivity index (χ1n) is 11.2. The van der Waals surface area contributed by atoms with Crippen molar-refractivity contribution in [3.05, 3.63) is 59.2 Å². The van der Waals surface area contributed by atoms with Gasteiger partial charge in [-0.25, -0.2) is 0 Å². The van der Waals surface area contributed by atoms with Crippen LogP contribution in [0.1, 0.15) is 55.2 Å². The first kappa shape index (κ1) is 19.0. The summed E-state index contributed by atoms with van der Waals surface area (Å²) in [5.41, 5.74) is 4.01. The molecule has 4 aliphatic rings. The Bertz CT molecular complexity index is 822. The van der Waals surface area contributed by atoms with Crippen molar-refractivity contribution in [1.82, 2.24) is 5.32 Å². The van der Waals surface area contributed by atoms with Crippen molar-refractivity contribution in [2.45, 2.75) is 64.1 Å². The Labute approximate surface area is 174 Å². The minimum absolute atomic E-state index is 0.353. The van der Waals surface area contributed by atoms with Gasteiger partial charge in [0.1, 0.15) is 6.61 Å². The fourth-order valence-electron chi connectivity index (χ4n) is 6.47. The minimum Gasteiger partial charge on any atom is -0.493 e. The molecule has 2 aromatic rings. The van der Waals surface area contributed by atoms with Crippen LogP contribution in [0.25, 0.3) is 0 Å². The van der Waals surface area contributed by atoms with E-state index in [0.29, 0.717) is 12.1 Å². The van der Waals surface area contributed by atoms with Crippen LogP contribution in [0.2, 0.25) is 0 Å². The second kappa shape index (κ2) is 7.68. The molecule has 0 heterocycles. The van der Waals surface area contributed by atoms with Gasteiger partial charge in [-0.3, -0.25) is 0 Å². The topological polar surface area (TPSA) is 30.5 Å². The van der Waals surface area contributed by atoms with Crippen LogP contribution in [0.4, 0.5) is 0 Å². The molecule has 0 aliphatic heterocycles. The third kappa shape index (κ3) is 3.90. The van der Waals surface area contributed by atoms with Crippen molar-refractivity contribution in [1.29, 1.82) is 0 Å². The zero-order valence-electron chi connectivity index (χ0n) is 17.7. The van der Waals surface area contributed by atoms with Crippen molar-refractivity contribution < 1.29 is 9.47 Å². The number of methoxy groups -OCH3 is 1. The SMILES string of the molecule is COc1cccc(CNC23CC4CC(CC(C4)C2)C3)c1OCc1ccc(C)cc1. The van der Waals surface area contributed by atoms with E-state index in [2.05, 4.69) is 48.6 Å². The van der Waals surface area contributed by atoms with Crippen LogP contribution in [0, 0.1) is 24.7 Å². The first-order valence-corrected chi connectivity index (χ1v) is 11.2. The van der Waals surface area contributed by atoms with Crippen LogP contribution >= 0.6 is 0 Å². The summed E-state index contributed by atoms with van der Waals surface area (Å²) < 4.78 is 11.9. The maximum absolute atomic E-state index is 6.29. The van der Waals surface area contributed by atoms with E-state index in [1.54, 1.807) is 7.11 Å². The van der Waals surface area contributed by atoms with Gasteiger partial charge in [-0.1, -0.05) is 42.0 Å². The van der Waals surface area contributed by atoms with Gasteiger partial charge in [0, 0.05) is 17.6 Å². The maximum Gasteiger partial charge on any atom is 0.166 e. The van der Waals surface area contributed by atoms with E-state index in [-0.39, 0.29) is 0 Å².